The molecular formula is C22H29N5O4. The van der Waals surface area contributed by atoms with Crippen molar-refractivity contribution in [3.63, 3.8) is 0 Å². The monoisotopic (exact) mass is 427 g/mol. The Morgan fingerprint density at radius 1 is 1.06 bits per heavy atom. The molecule has 3 aliphatic heterocycles. The summed E-state index contributed by atoms with van der Waals surface area (Å²) in [6.07, 6.45) is -0.563. The molecule has 1 fully saturated rings. The smallest absolute Gasteiger partial charge is 0.328 e. The molecule has 166 valence electrons. The van der Waals surface area contributed by atoms with Gasteiger partial charge in [0.15, 0.2) is 12.2 Å². The van der Waals surface area contributed by atoms with Gasteiger partial charge in [0.05, 0.1) is 26.4 Å². The summed E-state index contributed by atoms with van der Waals surface area (Å²) in [4.78, 5) is 38.2. The van der Waals surface area contributed by atoms with E-state index in [4.69, 9.17) is 14.8 Å². The van der Waals surface area contributed by atoms with Crippen molar-refractivity contribution in [3.8, 4) is 0 Å². The van der Waals surface area contributed by atoms with Gasteiger partial charge >= 0.3 is 6.03 Å². The van der Waals surface area contributed by atoms with E-state index in [-0.39, 0.29) is 31.7 Å². The lowest BCUT2D eigenvalue weighted by molar-refractivity contribution is -0.137. The number of aliphatic hydroxyl groups excluding tert-OH is 1. The number of nitrogens with zero attached hydrogens (tertiary/aromatic N) is 5. The summed E-state index contributed by atoms with van der Waals surface area (Å²) in [7, 11) is 1.70. The highest BCUT2D eigenvalue weighted by Gasteiger charge is 2.55. The first kappa shape index (κ1) is 21.3. The number of hydrogen-bond acceptors (Lipinski definition) is 7. The van der Waals surface area contributed by atoms with E-state index in [2.05, 4.69) is 0 Å². The summed E-state index contributed by atoms with van der Waals surface area (Å²) in [6, 6.07) is 6.86. The lowest BCUT2D eigenvalue weighted by atomic mass is 10.1. The first-order valence-corrected chi connectivity index (χ1v) is 10.5. The van der Waals surface area contributed by atoms with Gasteiger partial charge in [0.1, 0.15) is 0 Å². The summed E-state index contributed by atoms with van der Waals surface area (Å²) < 4.78 is 5.42. The minimum absolute atomic E-state index is 0.0246. The summed E-state index contributed by atoms with van der Waals surface area (Å²) >= 11 is 0. The summed E-state index contributed by atoms with van der Waals surface area (Å²) in [6.45, 7) is 7.41. The van der Waals surface area contributed by atoms with Crippen LogP contribution in [-0.4, -0.2) is 88.2 Å². The Balaban J connectivity index is 1.60. The standard InChI is InChI=1S/C22H29N5O4/c1-14-7-5-6-8-17(14)13-26-20(29)18-19(24(4)22(26)30)23-21-25(9-11-31-12-10-28)15(2)16(3)27(18)21/h5-8,18-19,28H,9-13H2,1-4H3. The van der Waals surface area contributed by atoms with E-state index in [0.29, 0.717) is 19.1 Å². The van der Waals surface area contributed by atoms with E-state index < -0.39 is 12.2 Å². The number of fused-ring (bicyclic) bond motifs is 3. The van der Waals surface area contributed by atoms with E-state index in [1.54, 1.807) is 11.9 Å². The number of hydrogen-bond donors (Lipinski definition) is 1. The molecule has 0 spiro atoms. The zero-order chi connectivity index (χ0) is 22.3. The van der Waals surface area contributed by atoms with Crippen LogP contribution >= 0.6 is 0 Å². The molecule has 4 rings (SSSR count). The molecule has 0 aromatic heterocycles. The molecule has 1 aromatic rings. The fourth-order valence-corrected chi connectivity index (χ4v) is 4.37. The second kappa shape index (κ2) is 8.32. The van der Waals surface area contributed by atoms with Gasteiger partial charge in [-0.1, -0.05) is 24.3 Å². The predicted octanol–water partition coefficient (Wildman–Crippen LogP) is 1.33. The maximum Gasteiger partial charge on any atom is 0.328 e. The third-order valence-electron chi connectivity index (χ3n) is 6.29. The number of benzene rings is 1. The first-order valence-electron chi connectivity index (χ1n) is 10.5. The Morgan fingerprint density at radius 2 is 1.81 bits per heavy atom. The van der Waals surface area contributed by atoms with Crippen LogP contribution in [0.25, 0.3) is 0 Å². The lowest BCUT2D eigenvalue weighted by Gasteiger charge is -2.41. The molecule has 0 aliphatic carbocycles. The number of amides is 3. The molecule has 2 atom stereocenters. The highest BCUT2D eigenvalue weighted by Crippen LogP contribution is 2.37. The normalized spacial score (nSPS) is 23.1. The van der Waals surface area contributed by atoms with E-state index in [0.717, 1.165) is 22.5 Å². The Morgan fingerprint density at radius 3 is 2.52 bits per heavy atom. The summed E-state index contributed by atoms with van der Waals surface area (Å²) in [5.74, 6) is 0.434. The number of aliphatic imine (C=N–C) groups is 1. The molecule has 0 saturated carbocycles. The molecule has 3 aliphatic rings. The number of likely N-dealkylation sites (N-methyl/N-ethyl adjacent to an activating group) is 1. The number of allylic oxidation sites excluding steroid dienone is 2. The minimum atomic E-state index is -0.583. The molecule has 9 nitrogen and oxygen atoms in total. The van der Waals surface area contributed by atoms with Gasteiger partial charge in [-0.05, 0) is 31.9 Å². The van der Waals surface area contributed by atoms with Crippen LogP contribution in [0.1, 0.15) is 25.0 Å². The molecule has 1 saturated heterocycles. The van der Waals surface area contributed by atoms with E-state index in [1.807, 2.05) is 54.8 Å². The predicted molar refractivity (Wildman–Crippen MR) is 115 cm³/mol. The van der Waals surface area contributed by atoms with Gasteiger partial charge in [-0.2, -0.15) is 0 Å². The van der Waals surface area contributed by atoms with E-state index in [1.165, 1.54) is 4.90 Å². The molecule has 1 N–H and O–H groups in total. The second-order valence-corrected chi connectivity index (χ2v) is 8.06. The molecule has 3 heterocycles. The topological polar surface area (TPSA) is 88.9 Å². The molecule has 31 heavy (non-hydrogen) atoms. The molecule has 3 amide bonds. The number of aryl methyl sites for hydroxylation is 1. The maximum atomic E-state index is 13.5. The minimum Gasteiger partial charge on any atom is -0.394 e. The average Bonchev–Trinajstić information content (AvgIpc) is 3.25. The van der Waals surface area contributed by atoms with Crippen molar-refractivity contribution in [2.45, 2.75) is 39.5 Å². The van der Waals surface area contributed by atoms with Gasteiger partial charge < -0.3 is 19.6 Å². The van der Waals surface area contributed by atoms with Gasteiger partial charge in [0.2, 0.25) is 5.96 Å². The molecule has 9 heteroatoms. The molecular weight excluding hydrogens is 398 g/mol. The summed E-state index contributed by atoms with van der Waals surface area (Å²) in [5, 5.41) is 8.91. The molecule has 1 aromatic carbocycles. The zero-order valence-electron chi connectivity index (χ0n) is 18.4. The van der Waals surface area contributed by atoms with E-state index in [9.17, 15) is 9.59 Å². The number of rotatable bonds is 7. The number of carbonyl (C=O) groups excluding carboxylic acids is 2. The van der Waals surface area contributed by atoms with Crippen LogP contribution in [0.3, 0.4) is 0 Å². The third-order valence-corrected chi connectivity index (χ3v) is 6.29. The highest BCUT2D eigenvalue weighted by atomic mass is 16.5. The van der Waals surface area contributed by atoms with Crippen molar-refractivity contribution in [1.29, 1.82) is 0 Å². The second-order valence-electron chi connectivity index (χ2n) is 8.06. The SMILES string of the molecule is CC1=C(C)N2C(=NC3C2C(=O)N(Cc2ccccc2C)C(=O)N3C)N1CCOCCO. The summed E-state index contributed by atoms with van der Waals surface area (Å²) in [5.41, 5.74) is 3.93. The van der Waals surface area contributed by atoms with Crippen LogP contribution < -0.4 is 0 Å². The van der Waals surface area contributed by atoms with Crippen molar-refractivity contribution < 1.29 is 19.4 Å². The highest BCUT2D eigenvalue weighted by molar-refractivity contribution is 6.05. The van der Waals surface area contributed by atoms with Crippen LogP contribution in [0.4, 0.5) is 4.79 Å². The average molecular weight is 428 g/mol. The number of ether oxygens (including phenoxy) is 1. The Bertz CT molecular complexity index is 959. The van der Waals surface area contributed by atoms with Crippen molar-refractivity contribution in [2.75, 3.05) is 33.4 Å². The quantitative estimate of drug-likeness (QED) is 0.661. The Hall–Kier alpha value is -2.91. The fraction of sp³-hybridized carbons (Fsp3) is 0.500. The van der Waals surface area contributed by atoms with Gasteiger partial charge in [-0.25, -0.2) is 9.79 Å². The number of carbonyl (C=O) groups is 2. The fourth-order valence-electron chi connectivity index (χ4n) is 4.37. The number of urea groups is 1. The van der Waals surface area contributed by atoms with Gasteiger partial charge in [-0.15, -0.1) is 0 Å². The van der Waals surface area contributed by atoms with Gasteiger partial charge in [0.25, 0.3) is 5.91 Å². The van der Waals surface area contributed by atoms with Gasteiger partial charge in [0, 0.05) is 25.0 Å². The molecule has 0 radical (unpaired) electrons. The number of aliphatic hydroxyl groups is 1. The van der Waals surface area contributed by atoms with Crippen molar-refractivity contribution in [2.24, 2.45) is 4.99 Å². The van der Waals surface area contributed by atoms with Crippen molar-refractivity contribution >= 4 is 17.9 Å². The number of guanidine groups is 1. The first-order chi connectivity index (χ1) is 14.9. The van der Waals surface area contributed by atoms with Crippen LogP contribution in [0, 0.1) is 6.92 Å². The van der Waals surface area contributed by atoms with Crippen LogP contribution in [-0.2, 0) is 16.1 Å². The van der Waals surface area contributed by atoms with Crippen LogP contribution in [0.15, 0.2) is 40.7 Å². The van der Waals surface area contributed by atoms with Crippen LogP contribution in [0.2, 0.25) is 0 Å². The van der Waals surface area contributed by atoms with Gasteiger partial charge in [-0.3, -0.25) is 14.6 Å². The zero-order valence-corrected chi connectivity index (χ0v) is 18.4. The Labute approximate surface area is 182 Å². The van der Waals surface area contributed by atoms with Crippen LogP contribution in [0.5, 0.6) is 0 Å². The maximum absolute atomic E-state index is 13.5. The third kappa shape index (κ3) is 3.47. The molecule has 2 unspecified atom stereocenters. The number of imide groups is 1. The Kier molecular flexibility index (Phi) is 5.72. The lowest BCUT2D eigenvalue weighted by Crippen LogP contribution is -2.64. The van der Waals surface area contributed by atoms with Crippen molar-refractivity contribution in [1.82, 2.24) is 19.6 Å². The largest absolute Gasteiger partial charge is 0.394 e. The van der Waals surface area contributed by atoms with E-state index >= 15 is 0 Å². The van der Waals surface area contributed by atoms with Crippen molar-refractivity contribution in [3.05, 3.63) is 46.8 Å². The molecule has 0 bridgehead atoms.